The zero-order valence-corrected chi connectivity index (χ0v) is 27.4. The van der Waals surface area contributed by atoms with E-state index in [1.807, 2.05) is 13.0 Å². The van der Waals surface area contributed by atoms with Gasteiger partial charge >= 0.3 is 0 Å². The van der Waals surface area contributed by atoms with Crippen LogP contribution in [-0.2, 0) is 21.4 Å². The van der Waals surface area contributed by atoms with E-state index in [2.05, 4.69) is 26.5 Å². The van der Waals surface area contributed by atoms with Gasteiger partial charge in [0.25, 0.3) is 15.9 Å². The topological polar surface area (TPSA) is 97.3 Å². The number of ether oxygens (including phenoxy) is 2. The molecule has 224 valence electrons. The van der Waals surface area contributed by atoms with Gasteiger partial charge in [0.1, 0.15) is 13.2 Å². The largest absolute Gasteiger partial charge is 0.493 e. The zero-order valence-electron chi connectivity index (χ0n) is 23.5. The molecule has 1 amide bonds. The zero-order chi connectivity index (χ0) is 31.1. The predicted octanol–water partition coefficient (Wildman–Crippen LogP) is 7.31. The fraction of sp³-hybridized carbons (Fsp3) is 0.161. The van der Waals surface area contributed by atoms with Crippen molar-refractivity contribution in [3.63, 3.8) is 0 Å². The average molecular weight is 705 g/mol. The summed E-state index contributed by atoms with van der Waals surface area (Å²) < 4.78 is 40.3. The summed E-state index contributed by atoms with van der Waals surface area (Å²) in [6.07, 6.45) is 1.42. The Balaban J connectivity index is 1.49. The quantitative estimate of drug-likeness (QED) is 0.131. The van der Waals surface area contributed by atoms with Crippen molar-refractivity contribution in [3.05, 3.63) is 116 Å². The number of carbonyl (C=O) groups excluding carboxylic acids is 1. The molecule has 43 heavy (non-hydrogen) atoms. The van der Waals surface area contributed by atoms with E-state index in [1.165, 1.54) is 25.5 Å². The van der Waals surface area contributed by atoms with Gasteiger partial charge in [-0.3, -0.25) is 9.10 Å². The maximum atomic E-state index is 13.6. The Morgan fingerprint density at radius 2 is 1.72 bits per heavy atom. The highest BCUT2D eigenvalue weighted by atomic mass is 79.9. The van der Waals surface area contributed by atoms with Gasteiger partial charge in [-0.15, -0.1) is 0 Å². The van der Waals surface area contributed by atoms with Crippen LogP contribution >= 0.6 is 39.1 Å². The summed E-state index contributed by atoms with van der Waals surface area (Å²) in [5, 5.41) is 4.93. The Bertz CT molecular complexity index is 1770. The van der Waals surface area contributed by atoms with E-state index in [-0.39, 0.29) is 11.5 Å². The predicted molar refractivity (Wildman–Crippen MR) is 174 cm³/mol. The first-order chi connectivity index (χ1) is 20.5. The van der Waals surface area contributed by atoms with Crippen molar-refractivity contribution in [3.8, 4) is 11.5 Å². The molecule has 0 unspecified atom stereocenters. The minimum absolute atomic E-state index is 0.0797. The number of sulfonamides is 1. The van der Waals surface area contributed by atoms with Crippen molar-refractivity contribution in [1.82, 2.24) is 5.43 Å². The van der Waals surface area contributed by atoms with Gasteiger partial charge in [-0.25, -0.2) is 13.8 Å². The fourth-order valence-corrected chi connectivity index (χ4v) is 6.44. The van der Waals surface area contributed by atoms with Crippen LogP contribution in [0.3, 0.4) is 0 Å². The van der Waals surface area contributed by atoms with Crippen LogP contribution in [0.15, 0.2) is 93.3 Å². The lowest BCUT2D eigenvalue weighted by Crippen LogP contribution is -2.40. The lowest BCUT2D eigenvalue weighted by atomic mass is 10.2. The Morgan fingerprint density at radius 1 is 1.00 bits per heavy atom. The van der Waals surface area contributed by atoms with Gasteiger partial charge in [-0.1, -0.05) is 65.2 Å². The number of nitrogens with one attached hydrogen (secondary N) is 1. The molecule has 0 atom stereocenters. The van der Waals surface area contributed by atoms with Crippen LogP contribution in [0.5, 0.6) is 11.5 Å². The number of hydrogen-bond donors (Lipinski definition) is 1. The molecule has 0 aliphatic carbocycles. The van der Waals surface area contributed by atoms with Crippen LogP contribution in [0, 0.1) is 13.8 Å². The Morgan fingerprint density at radius 3 is 2.40 bits per heavy atom. The lowest BCUT2D eigenvalue weighted by molar-refractivity contribution is -0.119. The summed E-state index contributed by atoms with van der Waals surface area (Å²) in [6.45, 7) is 3.39. The summed E-state index contributed by atoms with van der Waals surface area (Å²) in [7, 11) is -2.54. The number of aryl methyl sites for hydroxylation is 2. The molecular weight excluding hydrogens is 677 g/mol. The highest BCUT2D eigenvalue weighted by Crippen LogP contribution is 2.37. The van der Waals surface area contributed by atoms with Crippen LogP contribution < -0.4 is 19.2 Å². The van der Waals surface area contributed by atoms with Crippen LogP contribution in [0.4, 0.5) is 5.69 Å². The van der Waals surface area contributed by atoms with Gasteiger partial charge in [0, 0.05) is 0 Å². The second-order valence-corrected chi connectivity index (χ2v) is 13.0. The molecule has 0 aliphatic rings. The highest BCUT2D eigenvalue weighted by Gasteiger charge is 2.28. The number of rotatable bonds is 11. The third-order valence-corrected chi connectivity index (χ3v) is 9.40. The number of nitrogens with zero attached hydrogens (tertiary/aromatic N) is 2. The standard InChI is InChI=1S/C31H28BrCl2N3O5S/c1-20-8-11-24(12-9-20)43(39,40)37(28-7-5-4-6-21(28)2)18-30(38)36-35-17-23-14-25(32)31(29(16-23)41-3)42-19-22-10-13-26(33)27(34)15-22/h4-17H,18-19H2,1-3H3,(H,36,38)/b35-17-. The molecule has 0 fully saturated rings. The van der Waals surface area contributed by atoms with Crippen LogP contribution in [0.25, 0.3) is 0 Å². The maximum Gasteiger partial charge on any atom is 0.264 e. The van der Waals surface area contributed by atoms with Gasteiger partial charge in [-0.2, -0.15) is 5.10 Å². The molecule has 4 aromatic carbocycles. The van der Waals surface area contributed by atoms with Gasteiger partial charge < -0.3 is 9.47 Å². The molecule has 0 saturated heterocycles. The molecule has 0 heterocycles. The van der Waals surface area contributed by atoms with Crippen LogP contribution in [-0.4, -0.2) is 34.2 Å². The van der Waals surface area contributed by atoms with Gasteiger partial charge in [0.2, 0.25) is 0 Å². The highest BCUT2D eigenvalue weighted by molar-refractivity contribution is 9.10. The second-order valence-electron chi connectivity index (χ2n) is 9.48. The first-order valence-corrected chi connectivity index (χ1v) is 15.9. The summed E-state index contributed by atoms with van der Waals surface area (Å²) in [5.74, 6) is 0.268. The summed E-state index contributed by atoms with van der Waals surface area (Å²) in [6, 6.07) is 22.1. The Labute approximate surface area is 269 Å². The molecular formula is C31H28BrCl2N3O5S. The summed E-state index contributed by atoms with van der Waals surface area (Å²) in [4.78, 5) is 13.0. The normalized spacial score (nSPS) is 11.4. The molecule has 4 rings (SSSR count). The van der Waals surface area contributed by atoms with E-state index in [1.54, 1.807) is 67.6 Å². The van der Waals surface area contributed by atoms with E-state index < -0.39 is 22.5 Å². The SMILES string of the molecule is COc1cc(/C=N\NC(=O)CN(c2ccccc2C)S(=O)(=O)c2ccc(C)cc2)cc(Br)c1OCc1ccc(Cl)c(Cl)c1. The van der Waals surface area contributed by atoms with E-state index in [0.717, 1.165) is 15.4 Å². The van der Waals surface area contributed by atoms with Gasteiger partial charge in [0.15, 0.2) is 11.5 Å². The number of hydrogen-bond acceptors (Lipinski definition) is 6. The number of anilines is 1. The number of carbonyl (C=O) groups is 1. The Kier molecular flexibility index (Phi) is 10.7. The van der Waals surface area contributed by atoms with Crippen molar-refractivity contribution >= 4 is 67.0 Å². The van der Waals surface area contributed by atoms with E-state index in [0.29, 0.717) is 42.8 Å². The molecule has 0 radical (unpaired) electrons. The minimum atomic E-state index is -4.05. The third kappa shape index (κ3) is 8.08. The minimum Gasteiger partial charge on any atom is -0.493 e. The van der Waals surface area contributed by atoms with Crippen molar-refractivity contribution in [2.45, 2.75) is 25.3 Å². The number of hydrazone groups is 1. The number of para-hydroxylation sites is 1. The van der Waals surface area contributed by atoms with Gasteiger partial charge in [-0.05, 0) is 88.9 Å². The van der Waals surface area contributed by atoms with Gasteiger partial charge in [0.05, 0.1) is 38.4 Å². The van der Waals surface area contributed by atoms with Crippen molar-refractivity contribution in [2.24, 2.45) is 5.10 Å². The van der Waals surface area contributed by atoms with Crippen LogP contribution in [0.2, 0.25) is 10.0 Å². The molecule has 0 aromatic heterocycles. The Hall–Kier alpha value is -3.57. The van der Waals surface area contributed by atoms with Crippen LogP contribution in [0.1, 0.15) is 22.3 Å². The molecule has 0 spiro atoms. The van der Waals surface area contributed by atoms with E-state index in [9.17, 15) is 13.2 Å². The van der Waals surface area contributed by atoms with Crippen molar-refractivity contribution < 1.29 is 22.7 Å². The van der Waals surface area contributed by atoms with Crippen molar-refractivity contribution in [1.29, 1.82) is 0 Å². The molecule has 8 nitrogen and oxygen atoms in total. The lowest BCUT2D eigenvalue weighted by Gasteiger charge is -2.25. The number of amides is 1. The second kappa shape index (κ2) is 14.3. The molecule has 12 heteroatoms. The number of benzene rings is 4. The fourth-order valence-electron chi connectivity index (χ4n) is 4.06. The maximum absolute atomic E-state index is 13.6. The van der Waals surface area contributed by atoms with Crippen molar-refractivity contribution in [2.75, 3.05) is 18.0 Å². The third-order valence-electron chi connectivity index (χ3n) is 6.30. The molecule has 0 aliphatic heterocycles. The molecule has 4 aromatic rings. The molecule has 0 bridgehead atoms. The number of methoxy groups -OCH3 is 1. The van der Waals surface area contributed by atoms with E-state index >= 15 is 0 Å². The molecule has 0 saturated carbocycles. The number of halogens is 3. The summed E-state index contributed by atoms with van der Waals surface area (Å²) in [5.41, 5.74) is 5.85. The first-order valence-electron chi connectivity index (χ1n) is 12.9. The monoisotopic (exact) mass is 703 g/mol. The average Bonchev–Trinajstić information content (AvgIpc) is 2.97. The smallest absolute Gasteiger partial charge is 0.264 e. The first kappa shape index (κ1) is 32.3. The molecule has 1 N–H and O–H groups in total. The van der Waals surface area contributed by atoms with E-state index in [4.69, 9.17) is 32.7 Å². The summed E-state index contributed by atoms with van der Waals surface area (Å²) >= 11 is 15.6.